The van der Waals surface area contributed by atoms with E-state index in [0.717, 1.165) is 42.9 Å². The third kappa shape index (κ3) is 4.02. The summed E-state index contributed by atoms with van der Waals surface area (Å²) in [4.78, 5) is 2.75. The van der Waals surface area contributed by atoms with Gasteiger partial charge in [-0.25, -0.2) is 8.42 Å². The number of nitrogens with one attached hydrogen (secondary N) is 1. The average molecular weight is 474 g/mol. The Morgan fingerprint density at radius 3 is 2.78 bits per heavy atom. The zero-order valence-electron chi connectivity index (χ0n) is 18.1. The molecule has 1 fully saturated rings. The molecule has 0 radical (unpaired) electrons. The van der Waals surface area contributed by atoms with Crippen molar-refractivity contribution in [2.45, 2.75) is 43.2 Å². The van der Waals surface area contributed by atoms with Gasteiger partial charge in [-0.05, 0) is 55.0 Å². The van der Waals surface area contributed by atoms with Crippen LogP contribution in [0.5, 0.6) is 5.75 Å². The number of piperidine rings is 1. The summed E-state index contributed by atoms with van der Waals surface area (Å²) in [6.07, 6.45) is 6.53. The average Bonchev–Trinajstić information content (AvgIpc) is 3.44. The van der Waals surface area contributed by atoms with Crippen LogP contribution < -0.4 is 9.46 Å². The summed E-state index contributed by atoms with van der Waals surface area (Å²) in [5.41, 5.74) is 2.27. The number of sulfonamides is 1. The van der Waals surface area contributed by atoms with Crippen molar-refractivity contribution >= 4 is 26.6 Å². The number of benzene rings is 1. The summed E-state index contributed by atoms with van der Waals surface area (Å²) in [5.74, 6) is 1.30. The van der Waals surface area contributed by atoms with Gasteiger partial charge in [-0.1, -0.05) is 13.0 Å². The van der Waals surface area contributed by atoms with E-state index in [1.807, 2.05) is 24.0 Å². The molecule has 2 aliphatic rings. The molecule has 170 valence electrons. The van der Waals surface area contributed by atoms with E-state index in [1.165, 1.54) is 5.69 Å². The van der Waals surface area contributed by atoms with Crippen molar-refractivity contribution in [2.24, 2.45) is 13.0 Å². The van der Waals surface area contributed by atoms with Crippen LogP contribution in [0.2, 0.25) is 0 Å². The van der Waals surface area contributed by atoms with Gasteiger partial charge < -0.3 is 4.74 Å². The largest absolute Gasteiger partial charge is 0.493 e. The Bertz CT molecular complexity index is 1190. The molecule has 1 N–H and O–H groups in total. The molecular weight excluding hydrogens is 446 g/mol. The second-order valence-corrected chi connectivity index (χ2v) is 11.1. The predicted octanol–water partition coefficient (Wildman–Crippen LogP) is 3.97. The summed E-state index contributed by atoms with van der Waals surface area (Å²) in [6, 6.07) is 9.45. The Kier molecular flexibility index (Phi) is 5.68. The molecule has 2 aliphatic heterocycles. The zero-order valence-corrected chi connectivity index (χ0v) is 19.8. The number of nitrogens with zero attached hydrogens (tertiary/aromatic N) is 4. The topological polar surface area (TPSA) is 89.3 Å². The fourth-order valence-corrected chi connectivity index (χ4v) is 6.65. The van der Waals surface area contributed by atoms with E-state index in [0.29, 0.717) is 23.3 Å². The quantitative estimate of drug-likeness (QED) is 0.603. The Morgan fingerprint density at radius 2 is 2.03 bits per heavy atom. The molecule has 1 aromatic carbocycles. The Morgan fingerprint density at radius 1 is 1.16 bits per heavy atom. The summed E-state index contributed by atoms with van der Waals surface area (Å²) >= 11 is 1.11. The van der Waals surface area contributed by atoms with Crippen molar-refractivity contribution in [2.75, 3.05) is 17.9 Å². The minimum absolute atomic E-state index is 0.178. The number of aromatic nitrogens is 3. The highest BCUT2D eigenvalue weighted by atomic mass is 32.2. The lowest BCUT2D eigenvalue weighted by Crippen LogP contribution is -2.41. The maximum atomic E-state index is 12.8. The highest BCUT2D eigenvalue weighted by Gasteiger charge is 2.37. The first kappa shape index (κ1) is 21.4. The van der Waals surface area contributed by atoms with Crippen LogP contribution in [-0.2, 0) is 17.1 Å². The number of fused-ring (bicyclic) bond motifs is 1. The molecule has 3 atom stereocenters. The van der Waals surface area contributed by atoms with Crippen LogP contribution >= 0.6 is 11.5 Å². The number of rotatable bonds is 5. The summed E-state index contributed by atoms with van der Waals surface area (Å²) in [5, 5.41) is 4.89. The second kappa shape index (κ2) is 8.49. The van der Waals surface area contributed by atoms with Crippen LogP contribution in [-0.4, -0.2) is 40.6 Å². The van der Waals surface area contributed by atoms with Gasteiger partial charge in [0.2, 0.25) is 0 Å². The van der Waals surface area contributed by atoms with Gasteiger partial charge in [0.1, 0.15) is 10.8 Å². The number of aryl methyl sites for hydroxylation is 1. The van der Waals surface area contributed by atoms with Gasteiger partial charge in [0, 0.05) is 43.5 Å². The minimum atomic E-state index is -3.70. The molecule has 0 unspecified atom stereocenters. The van der Waals surface area contributed by atoms with Gasteiger partial charge in [-0.3, -0.25) is 14.3 Å². The van der Waals surface area contributed by atoms with Crippen LogP contribution in [0.25, 0.3) is 0 Å². The zero-order chi connectivity index (χ0) is 22.3. The number of ether oxygens (including phenoxy) is 1. The van der Waals surface area contributed by atoms with Gasteiger partial charge in [0.05, 0.1) is 23.2 Å². The Hall–Kier alpha value is -2.43. The van der Waals surface area contributed by atoms with E-state index < -0.39 is 10.0 Å². The maximum absolute atomic E-state index is 12.8. The van der Waals surface area contributed by atoms with Gasteiger partial charge in [-0.15, -0.1) is 0 Å². The van der Waals surface area contributed by atoms with Crippen LogP contribution in [0.1, 0.15) is 49.5 Å². The van der Waals surface area contributed by atoms with Crippen LogP contribution in [0.3, 0.4) is 0 Å². The van der Waals surface area contributed by atoms with E-state index in [2.05, 4.69) is 32.1 Å². The Balaban J connectivity index is 1.46. The molecule has 0 spiro atoms. The van der Waals surface area contributed by atoms with Crippen molar-refractivity contribution in [3.63, 3.8) is 0 Å². The van der Waals surface area contributed by atoms with Crippen LogP contribution in [0.4, 0.5) is 5.00 Å². The molecule has 3 aromatic rings. The number of hydrogen-bond donors (Lipinski definition) is 1. The molecule has 5 rings (SSSR count). The normalized spacial score (nSPS) is 24.0. The van der Waals surface area contributed by atoms with E-state index in [1.54, 1.807) is 24.4 Å². The van der Waals surface area contributed by atoms with E-state index in [4.69, 9.17) is 4.74 Å². The SMILES string of the molecule is C[C@H]1CCN([C@@H]2CCOc3cc(S(=O)(=O)Nc4ccns4)ccc32)[C@@H](c2ccnn2C)C1. The molecule has 0 bridgehead atoms. The van der Waals surface area contributed by atoms with Gasteiger partial charge in [-0.2, -0.15) is 9.47 Å². The van der Waals surface area contributed by atoms with Crippen molar-refractivity contribution in [1.82, 2.24) is 19.1 Å². The molecule has 0 aliphatic carbocycles. The first-order valence-electron chi connectivity index (χ1n) is 10.9. The Labute approximate surface area is 192 Å². The summed E-state index contributed by atoms with van der Waals surface area (Å²) in [6.45, 7) is 3.87. The third-order valence-electron chi connectivity index (χ3n) is 6.48. The van der Waals surface area contributed by atoms with E-state index >= 15 is 0 Å². The van der Waals surface area contributed by atoms with Gasteiger partial charge >= 0.3 is 0 Å². The molecule has 4 heterocycles. The highest BCUT2D eigenvalue weighted by molar-refractivity contribution is 7.93. The molecule has 32 heavy (non-hydrogen) atoms. The fraction of sp³-hybridized carbons (Fsp3) is 0.455. The maximum Gasteiger partial charge on any atom is 0.262 e. The smallest absolute Gasteiger partial charge is 0.262 e. The molecule has 0 amide bonds. The molecule has 8 nitrogen and oxygen atoms in total. The molecule has 0 saturated carbocycles. The number of anilines is 1. The standard InChI is InChI=1S/C22H27N5O3S2/c1-15-7-11-27(20(13-15)19-5-9-23-26(19)2)18-8-12-30-21-14-16(3-4-17(18)21)32(28,29)25-22-6-10-24-31-22/h3-6,9-10,14-15,18,20,25H,7-8,11-13H2,1-2H3/t15-,18+,20+/m0/s1. The third-order valence-corrected chi connectivity index (χ3v) is 8.64. The second-order valence-electron chi connectivity index (χ2n) is 8.60. The van der Waals surface area contributed by atoms with Gasteiger partial charge in [0.25, 0.3) is 10.0 Å². The molecule has 10 heteroatoms. The molecule has 1 saturated heterocycles. The first-order chi connectivity index (χ1) is 15.4. The summed E-state index contributed by atoms with van der Waals surface area (Å²) < 4.78 is 40.1. The number of hydrogen-bond acceptors (Lipinski definition) is 7. The lowest BCUT2D eigenvalue weighted by Gasteiger charge is -2.45. The number of likely N-dealkylation sites (tertiary alicyclic amines) is 1. The molecular formula is C22H27N5O3S2. The fourth-order valence-electron chi connectivity index (χ4n) is 4.86. The van der Waals surface area contributed by atoms with E-state index in [-0.39, 0.29) is 17.0 Å². The van der Waals surface area contributed by atoms with Crippen molar-refractivity contribution < 1.29 is 13.2 Å². The lowest BCUT2D eigenvalue weighted by atomic mass is 9.87. The van der Waals surface area contributed by atoms with E-state index in [9.17, 15) is 8.42 Å². The van der Waals surface area contributed by atoms with Crippen molar-refractivity contribution in [1.29, 1.82) is 0 Å². The minimum Gasteiger partial charge on any atom is -0.493 e. The van der Waals surface area contributed by atoms with Crippen molar-refractivity contribution in [3.8, 4) is 5.75 Å². The van der Waals surface area contributed by atoms with Crippen molar-refractivity contribution in [3.05, 3.63) is 54.0 Å². The lowest BCUT2D eigenvalue weighted by molar-refractivity contribution is 0.0450. The first-order valence-corrected chi connectivity index (χ1v) is 13.1. The highest BCUT2D eigenvalue weighted by Crippen LogP contribution is 2.45. The van der Waals surface area contributed by atoms with Crippen LogP contribution in [0.15, 0.2) is 47.6 Å². The van der Waals surface area contributed by atoms with Crippen LogP contribution in [0, 0.1) is 5.92 Å². The predicted molar refractivity (Wildman–Crippen MR) is 123 cm³/mol. The monoisotopic (exact) mass is 473 g/mol. The molecule has 2 aromatic heterocycles. The summed E-state index contributed by atoms with van der Waals surface area (Å²) in [7, 11) is -1.71. The van der Waals surface area contributed by atoms with Gasteiger partial charge in [0.15, 0.2) is 0 Å².